The molecule has 0 bridgehead atoms. The van der Waals surface area contributed by atoms with Crippen LogP contribution < -0.4 is 0 Å². The van der Waals surface area contributed by atoms with Crippen molar-refractivity contribution in [3.8, 4) is 0 Å². The monoisotopic (exact) mass is 530 g/mol. The second-order valence-corrected chi connectivity index (χ2v) is 10.3. The number of aryl methyl sites for hydroxylation is 3. The molecule has 0 aliphatic heterocycles. The molecule has 0 spiro atoms. The van der Waals surface area contributed by atoms with E-state index in [0.29, 0.717) is 38.5 Å². The summed E-state index contributed by atoms with van der Waals surface area (Å²) in [6.45, 7) is 0. The van der Waals surface area contributed by atoms with E-state index in [-0.39, 0.29) is 12.8 Å². The van der Waals surface area contributed by atoms with Gasteiger partial charge in [-0.2, -0.15) is 0 Å². The molecule has 3 unspecified atom stereocenters. The number of hydrogen-bond donors (Lipinski definition) is 3. The fourth-order valence-electron chi connectivity index (χ4n) is 5.34. The Hall–Kier alpha value is -3.93. The van der Waals surface area contributed by atoms with Gasteiger partial charge < -0.3 is 15.3 Å². The number of hydrogen-bond acceptors (Lipinski definition) is 3. The summed E-state index contributed by atoms with van der Waals surface area (Å²) in [5, 5.41) is 30.4. The van der Waals surface area contributed by atoms with Crippen molar-refractivity contribution in [2.24, 2.45) is 23.7 Å². The highest BCUT2D eigenvalue weighted by Gasteiger charge is 2.35. The molecule has 3 aromatic carbocycles. The van der Waals surface area contributed by atoms with Crippen molar-refractivity contribution >= 4 is 17.9 Å². The van der Waals surface area contributed by atoms with Crippen LogP contribution in [-0.2, 0) is 33.6 Å². The van der Waals surface area contributed by atoms with E-state index in [0.717, 1.165) is 16.7 Å². The molecular weight excluding hydrogens is 492 g/mol. The number of carboxylic acid groups (broad SMARTS) is 3. The summed E-state index contributed by atoms with van der Waals surface area (Å²) in [7, 11) is 0. The number of benzene rings is 3. The van der Waals surface area contributed by atoms with E-state index in [9.17, 15) is 29.7 Å². The van der Waals surface area contributed by atoms with Gasteiger partial charge >= 0.3 is 17.9 Å². The SMILES string of the molecule is O=C(O)C(CCc1ccccc1)CC(CC(CCc1ccccc1)C(=O)O)C(CCc1ccccc1)C(=O)O. The van der Waals surface area contributed by atoms with Crippen molar-refractivity contribution in [1.82, 2.24) is 0 Å². The Morgan fingerprint density at radius 3 is 1.13 bits per heavy atom. The maximum absolute atomic E-state index is 12.5. The molecule has 3 rings (SSSR count). The first-order valence-corrected chi connectivity index (χ1v) is 13.6. The Kier molecular flexibility index (Phi) is 11.8. The Labute approximate surface area is 230 Å². The average molecular weight is 531 g/mol. The average Bonchev–Trinajstić information content (AvgIpc) is 2.94. The Morgan fingerprint density at radius 1 is 0.487 bits per heavy atom. The summed E-state index contributed by atoms with van der Waals surface area (Å²) in [5.74, 6) is -5.91. The first-order valence-electron chi connectivity index (χ1n) is 13.6. The summed E-state index contributed by atoms with van der Waals surface area (Å²) in [5.41, 5.74) is 3.04. The normalized spacial score (nSPS) is 14.2. The van der Waals surface area contributed by atoms with Gasteiger partial charge in [0.15, 0.2) is 0 Å². The zero-order chi connectivity index (χ0) is 28.0. The van der Waals surface area contributed by atoms with Crippen molar-refractivity contribution in [3.05, 3.63) is 108 Å². The molecule has 0 heterocycles. The van der Waals surface area contributed by atoms with Gasteiger partial charge in [0.1, 0.15) is 0 Å². The predicted octanol–water partition coefficient (Wildman–Crippen LogP) is 6.38. The van der Waals surface area contributed by atoms with E-state index in [1.807, 2.05) is 91.0 Å². The standard InChI is InChI=1S/C33H38O6/c34-31(35)27(19-16-24-10-4-1-5-11-24)22-29(30(33(38)39)21-18-26-14-8-3-9-15-26)23-28(32(36)37)20-17-25-12-6-2-7-13-25/h1-15,27-30H,16-23H2,(H,34,35)(H,36,37)(H,38,39). The Bertz CT molecular complexity index is 1100. The maximum atomic E-state index is 12.5. The molecule has 39 heavy (non-hydrogen) atoms. The lowest BCUT2D eigenvalue weighted by Gasteiger charge is -2.29. The minimum Gasteiger partial charge on any atom is -0.481 e. The van der Waals surface area contributed by atoms with Crippen LogP contribution in [0.1, 0.15) is 48.8 Å². The molecule has 0 radical (unpaired) electrons. The summed E-state index contributed by atoms with van der Waals surface area (Å²) in [6, 6.07) is 28.8. The van der Waals surface area contributed by atoms with Crippen LogP contribution in [-0.4, -0.2) is 33.2 Å². The largest absolute Gasteiger partial charge is 0.481 e. The lowest BCUT2D eigenvalue weighted by molar-refractivity contribution is -0.149. The van der Waals surface area contributed by atoms with Crippen LogP contribution in [0.4, 0.5) is 0 Å². The first-order chi connectivity index (χ1) is 18.8. The van der Waals surface area contributed by atoms with Gasteiger partial charge in [-0.25, -0.2) is 0 Å². The number of rotatable bonds is 17. The predicted molar refractivity (Wildman–Crippen MR) is 150 cm³/mol. The molecule has 6 nitrogen and oxygen atoms in total. The van der Waals surface area contributed by atoms with Crippen LogP contribution in [0, 0.1) is 23.7 Å². The molecule has 0 aromatic heterocycles. The van der Waals surface area contributed by atoms with E-state index in [1.165, 1.54) is 0 Å². The van der Waals surface area contributed by atoms with E-state index in [1.54, 1.807) is 0 Å². The third-order valence-corrected chi connectivity index (χ3v) is 7.59. The third-order valence-electron chi connectivity index (χ3n) is 7.59. The maximum Gasteiger partial charge on any atom is 0.306 e. The fraction of sp³-hybridized carbons (Fsp3) is 0.364. The lowest BCUT2D eigenvalue weighted by Crippen LogP contribution is -2.32. The van der Waals surface area contributed by atoms with E-state index >= 15 is 0 Å². The molecule has 3 aromatic rings. The minimum atomic E-state index is -1.00. The van der Waals surface area contributed by atoms with E-state index < -0.39 is 41.6 Å². The summed E-state index contributed by atoms with van der Waals surface area (Å²) < 4.78 is 0. The van der Waals surface area contributed by atoms with Gasteiger partial charge in [0.05, 0.1) is 17.8 Å². The number of aliphatic carboxylic acids is 3. The quantitative estimate of drug-likeness (QED) is 0.187. The van der Waals surface area contributed by atoms with E-state index in [2.05, 4.69) is 0 Å². The second-order valence-electron chi connectivity index (χ2n) is 10.3. The van der Waals surface area contributed by atoms with Crippen molar-refractivity contribution < 1.29 is 29.7 Å². The molecule has 3 N–H and O–H groups in total. The molecule has 0 aliphatic carbocycles. The molecule has 0 aliphatic rings. The number of carbonyl (C=O) groups is 3. The highest BCUT2D eigenvalue weighted by Crippen LogP contribution is 2.34. The molecular formula is C33H38O6. The van der Waals surface area contributed by atoms with Gasteiger partial charge in [-0.3, -0.25) is 14.4 Å². The van der Waals surface area contributed by atoms with Crippen molar-refractivity contribution in [2.45, 2.75) is 51.4 Å². The molecule has 0 saturated carbocycles. The zero-order valence-electron chi connectivity index (χ0n) is 22.2. The van der Waals surface area contributed by atoms with Gasteiger partial charge in [0, 0.05) is 0 Å². The van der Waals surface area contributed by atoms with Gasteiger partial charge in [-0.05, 0) is 74.0 Å². The summed E-state index contributed by atoms with van der Waals surface area (Å²) in [4.78, 5) is 37.1. The molecule has 3 atom stereocenters. The van der Waals surface area contributed by atoms with Crippen LogP contribution in [0.15, 0.2) is 91.0 Å². The van der Waals surface area contributed by atoms with Crippen LogP contribution >= 0.6 is 0 Å². The molecule has 0 saturated heterocycles. The fourth-order valence-corrected chi connectivity index (χ4v) is 5.34. The molecule has 206 valence electrons. The lowest BCUT2D eigenvalue weighted by atomic mass is 9.74. The Balaban J connectivity index is 1.81. The van der Waals surface area contributed by atoms with Crippen LogP contribution in [0.25, 0.3) is 0 Å². The van der Waals surface area contributed by atoms with Crippen LogP contribution in [0.2, 0.25) is 0 Å². The Morgan fingerprint density at radius 2 is 0.821 bits per heavy atom. The third kappa shape index (κ3) is 10.0. The molecule has 6 heteroatoms. The van der Waals surface area contributed by atoms with Gasteiger partial charge in [0.25, 0.3) is 0 Å². The highest BCUT2D eigenvalue weighted by atomic mass is 16.4. The molecule has 0 amide bonds. The summed E-state index contributed by atoms with van der Waals surface area (Å²) >= 11 is 0. The van der Waals surface area contributed by atoms with Gasteiger partial charge in [0.2, 0.25) is 0 Å². The van der Waals surface area contributed by atoms with Gasteiger partial charge in [-0.15, -0.1) is 0 Å². The number of carboxylic acids is 3. The van der Waals surface area contributed by atoms with Gasteiger partial charge in [-0.1, -0.05) is 91.0 Å². The molecule has 0 fully saturated rings. The smallest absolute Gasteiger partial charge is 0.306 e. The van der Waals surface area contributed by atoms with E-state index in [4.69, 9.17) is 0 Å². The minimum absolute atomic E-state index is 0.128. The highest BCUT2D eigenvalue weighted by molar-refractivity contribution is 5.73. The first kappa shape index (κ1) is 29.6. The summed E-state index contributed by atoms with van der Waals surface area (Å²) in [6.07, 6.45) is 2.94. The van der Waals surface area contributed by atoms with Crippen molar-refractivity contribution in [2.75, 3.05) is 0 Å². The van der Waals surface area contributed by atoms with Crippen LogP contribution in [0.5, 0.6) is 0 Å². The topological polar surface area (TPSA) is 112 Å². The second kappa shape index (κ2) is 15.5. The zero-order valence-corrected chi connectivity index (χ0v) is 22.2. The van der Waals surface area contributed by atoms with Crippen LogP contribution in [0.3, 0.4) is 0 Å². The van der Waals surface area contributed by atoms with Crippen molar-refractivity contribution in [1.29, 1.82) is 0 Å². The van der Waals surface area contributed by atoms with Crippen molar-refractivity contribution in [3.63, 3.8) is 0 Å².